The number of nitrogens with one attached hydrogen (secondary N) is 1. The van der Waals surface area contributed by atoms with Crippen molar-refractivity contribution >= 4 is 28.9 Å². The van der Waals surface area contributed by atoms with Crippen LogP contribution in [0.15, 0.2) is 42.6 Å². The first kappa shape index (κ1) is 23.5. The lowest BCUT2D eigenvalue weighted by atomic mass is 9.75. The Kier molecular flexibility index (Phi) is 6.60. The second-order valence-electron chi connectivity index (χ2n) is 10.2. The summed E-state index contributed by atoms with van der Waals surface area (Å²) in [6.45, 7) is 5.70. The van der Waals surface area contributed by atoms with E-state index in [-0.39, 0.29) is 12.2 Å². The zero-order chi connectivity index (χ0) is 24.4. The largest absolute Gasteiger partial charge is 0.481 e. The van der Waals surface area contributed by atoms with Crippen molar-refractivity contribution in [2.45, 2.75) is 64.6 Å². The molecule has 3 heterocycles. The standard InChI is InChI=1S/C28H34N4O3/c1-3-4-19-5-7-23-24(17-19)31-26(30-23)20-6-8-25(29-18-20)32-15-11-22(12-16-32)35-21-9-13-28(2,14-10-21)27(33)34/h3-8,17-18,21-22H,9-16H2,1-2H3,(H,30,31)(H,33,34). The molecule has 1 aliphatic heterocycles. The van der Waals surface area contributed by atoms with E-state index in [0.717, 1.165) is 72.6 Å². The van der Waals surface area contributed by atoms with E-state index in [1.54, 1.807) is 0 Å². The molecule has 0 spiro atoms. The fraction of sp³-hybridized carbons (Fsp3) is 0.464. The topological polar surface area (TPSA) is 91.3 Å². The monoisotopic (exact) mass is 474 g/mol. The van der Waals surface area contributed by atoms with Gasteiger partial charge in [-0.2, -0.15) is 0 Å². The molecule has 2 aromatic heterocycles. The number of H-pyrrole nitrogens is 1. The third-order valence-electron chi connectivity index (χ3n) is 7.59. The van der Waals surface area contributed by atoms with Gasteiger partial charge in [0.1, 0.15) is 11.6 Å². The van der Waals surface area contributed by atoms with Gasteiger partial charge in [-0.25, -0.2) is 9.97 Å². The van der Waals surface area contributed by atoms with Gasteiger partial charge in [0.05, 0.1) is 28.7 Å². The maximum absolute atomic E-state index is 11.5. The van der Waals surface area contributed by atoms with Crippen LogP contribution in [0.2, 0.25) is 0 Å². The quantitative estimate of drug-likeness (QED) is 0.478. The van der Waals surface area contributed by atoms with Gasteiger partial charge < -0.3 is 19.7 Å². The Morgan fingerprint density at radius 3 is 2.54 bits per heavy atom. The van der Waals surface area contributed by atoms with Crippen molar-refractivity contribution in [1.82, 2.24) is 15.0 Å². The fourth-order valence-electron chi connectivity index (χ4n) is 5.24. The molecule has 0 unspecified atom stereocenters. The predicted octanol–water partition coefficient (Wildman–Crippen LogP) is 5.68. The lowest BCUT2D eigenvalue weighted by Gasteiger charge is -2.38. The van der Waals surface area contributed by atoms with Gasteiger partial charge in [0.2, 0.25) is 0 Å². The molecule has 2 fully saturated rings. The average Bonchev–Trinajstić information content (AvgIpc) is 3.30. The highest BCUT2D eigenvalue weighted by Gasteiger charge is 2.38. The van der Waals surface area contributed by atoms with Crippen LogP contribution in [-0.4, -0.2) is 51.3 Å². The van der Waals surface area contributed by atoms with Crippen molar-refractivity contribution in [2.75, 3.05) is 18.0 Å². The lowest BCUT2D eigenvalue weighted by Crippen LogP contribution is -2.41. The molecule has 0 radical (unpaired) electrons. The van der Waals surface area contributed by atoms with E-state index >= 15 is 0 Å². The highest BCUT2D eigenvalue weighted by Crippen LogP contribution is 2.38. The van der Waals surface area contributed by atoms with Gasteiger partial charge in [-0.05, 0) is 82.2 Å². The number of aromatic nitrogens is 3. The Balaban J connectivity index is 1.15. The summed E-state index contributed by atoms with van der Waals surface area (Å²) in [6, 6.07) is 10.4. The molecule has 0 atom stereocenters. The number of aliphatic carboxylic acids is 1. The number of anilines is 1. The highest BCUT2D eigenvalue weighted by atomic mass is 16.5. The van der Waals surface area contributed by atoms with Gasteiger partial charge in [-0.3, -0.25) is 4.79 Å². The second-order valence-corrected chi connectivity index (χ2v) is 10.2. The van der Waals surface area contributed by atoms with E-state index in [1.807, 2.05) is 32.2 Å². The molecule has 184 valence electrons. The van der Waals surface area contributed by atoms with E-state index in [9.17, 15) is 9.90 Å². The van der Waals surface area contributed by atoms with E-state index in [0.29, 0.717) is 12.8 Å². The summed E-state index contributed by atoms with van der Waals surface area (Å²) in [4.78, 5) is 26.6. The van der Waals surface area contributed by atoms with Crippen molar-refractivity contribution in [2.24, 2.45) is 5.41 Å². The summed E-state index contributed by atoms with van der Waals surface area (Å²) in [5.74, 6) is 1.13. The molecule has 3 aromatic rings. The molecule has 2 aliphatic rings. The summed E-state index contributed by atoms with van der Waals surface area (Å²) in [7, 11) is 0. The molecule has 0 bridgehead atoms. The maximum atomic E-state index is 11.5. The van der Waals surface area contributed by atoms with Crippen LogP contribution in [0.3, 0.4) is 0 Å². The molecule has 35 heavy (non-hydrogen) atoms. The number of benzene rings is 1. The number of rotatable bonds is 6. The Morgan fingerprint density at radius 2 is 1.89 bits per heavy atom. The van der Waals surface area contributed by atoms with Crippen molar-refractivity contribution in [3.63, 3.8) is 0 Å². The van der Waals surface area contributed by atoms with Gasteiger partial charge in [0, 0.05) is 24.8 Å². The first-order valence-corrected chi connectivity index (χ1v) is 12.7. The molecule has 0 amide bonds. The number of fused-ring (bicyclic) bond motifs is 1. The summed E-state index contributed by atoms with van der Waals surface area (Å²) >= 11 is 0. The number of piperidine rings is 1. The maximum Gasteiger partial charge on any atom is 0.309 e. The zero-order valence-corrected chi connectivity index (χ0v) is 20.5. The Bertz CT molecular complexity index is 1200. The Labute approximate surface area is 206 Å². The molecule has 7 heteroatoms. The van der Waals surface area contributed by atoms with E-state index in [2.05, 4.69) is 40.2 Å². The first-order valence-electron chi connectivity index (χ1n) is 12.7. The number of carboxylic acids is 1. The smallest absolute Gasteiger partial charge is 0.309 e. The zero-order valence-electron chi connectivity index (χ0n) is 20.5. The van der Waals surface area contributed by atoms with Crippen LogP contribution in [-0.2, 0) is 9.53 Å². The molecule has 1 saturated carbocycles. The SMILES string of the molecule is CC=Cc1ccc2nc(-c3ccc(N4CCC(OC5CCC(C)(C(=O)O)CC5)CC4)nc3)[nH]c2c1. The number of pyridine rings is 1. The van der Waals surface area contributed by atoms with Crippen LogP contribution >= 0.6 is 0 Å². The number of nitrogens with zero attached hydrogens (tertiary/aromatic N) is 3. The van der Waals surface area contributed by atoms with Crippen molar-refractivity contribution in [1.29, 1.82) is 0 Å². The number of hydrogen-bond donors (Lipinski definition) is 2. The van der Waals surface area contributed by atoms with Crippen LogP contribution in [0.4, 0.5) is 5.82 Å². The van der Waals surface area contributed by atoms with Crippen molar-refractivity contribution in [3.05, 3.63) is 48.2 Å². The summed E-state index contributed by atoms with van der Waals surface area (Å²) in [5, 5.41) is 9.43. The third-order valence-corrected chi connectivity index (χ3v) is 7.59. The van der Waals surface area contributed by atoms with Crippen LogP contribution in [0.25, 0.3) is 28.5 Å². The molecule has 2 N–H and O–H groups in total. The van der Waals surface area contributed by atoms with Crippen LogP contribution in [0, 0.1) is 5.41 Å². The molecular formula is C28H34N4O3. The van der Waals surface area contributed by atoms with Gasteiger partial charge in [0.25, 0.3) is 0 Å². The normalized spacial score (nSPS) is 23.8. The molecule has 7 nitrogen and oxygen atoms in total. The second kappa shape index (κ2) is 9.82. The number of aromatic amines is 1. The van der Waals surface area contributed by atoms with Gasteiger partial charge in [-0.15, -0.1) is 0 Å². The lowest BCUT2D eigenvalue weighted by molar-refractivity contribution is -0.152. The van der Waals surface area contributed by atoms with Gasteiger partial charge in [0.15, 0.2) is 0 Å². The third kappa shape index (κ3) is 5.10. The molecule has 1 saturated heterocycles. The number of hydrogen-bond acceptors (Lipinski definition) is 5. The van der Waals surface area contributed by atoms with E-state index in [1.165, 1.54) is 0 Å². The van der Waals surface area contributed by atoms with Crippen molar-refractivity contribution < 1.29 is 14.6 Å². The molecule has 1 aliphatic carbocycles. The minimum Gasteiger partial charge on any atom is -0.481 e. The molecule has 1 aromatic carbocycles. The molecule has 5 rings (SSSR count). The van der Waals surface area contributed by atoms with Crippen molar-refractivity contribution in [3.8, 4) is 11.4 Å². The molecular weight excluding hydrogens is 440 g/mol. The van der Waals surface area contributed by atoms with Crippen LogP contribution in [0.1, 0.15) is 57.9 Å². The Morgan fingerprint density at radius 1 is 1.14 bits per heavy atom. The minimum atomic E-state index is -0.679. The average molecular weight is 475 g/mol. The van der Waals surface area contributed by atoms with E-state index < -0.39 is 11.4 Å². The van der Waals surface area contributed by atoms with Gasteiger partial charge >= 0.3 is 5.97 Å². The fourth-order valence-corrected chi connectivity index (χ4v) is 5.24. The van der Waals surface area contributed by atoms with Crippen LogP contribution < -0.4 is 4.90 Å². The predicted molar refractivity (Wildman–Crippen MR) is 138 cm³/mol. The summed E-state index contributed by atoms with van der Waals surface area (Å²) in [6.07, 6.45) is 11.4. The summed E-state index contributed by atoms with van der Waals surface area (Å²) < 4.78 is 6.36. The number of carboxylic acid groups (broad SMARTS) is 1. The summed E-state index contributed by atoms with van der Waals surface area (Å²) in [5.41, 5.74) is 3.51. The first-order chi connectivity index (χ1) is 16.9. The number of ether oxygens (including phenoxy) is 1. The number of imidazole rings is 1. The van der Waals surface area contributed by atoms with Gasteiger partial charge in [-0.1, -0.05) is 18.2 Å². The van der Waals surface area contributed by atoms with E-state index in [4.69, 9.17) is 14.7 Å². The Hall–Kier alpha value is -3.19. The number of carbonyl (C=O) groups is 1. The van der Waals surface area contributed by atoms with Crippen LogP contribution in [0.5, 0.6) is 0 Å². The highest BCUT2D eigenvalue weighted by molar-refractivity contribution is 5.81. The minimum absolute atomic E-state index is 0.189. The number of allylic oxidation sites excluding steroid dienone is 1.